The molecule has 3 aromatic rings. The average Bonchev–Trinajstić information content (AvgIpc) is 2.66. The molecule has 0 aliphatic rings. The van der Waals surface area contributed by atoms with Crippen molar-refractivity contribution < 1.29 is 9.53 Å². The Morgan fingerprint density at radius 2 is 1.20 bits per heavy atom. The van der Waals surface area contributed by atoms with E-state index < -0.39 is 0 Å². The van der Waals surface area contributed by atoms with Crippen molar-refractivity contribution in [2.75, 3.05) is 0 Å². The molecule has 0 atom stereocenters. The van der Waals surface area contributed by atoms with Gasteiger partial charge in [-0.2, -0.15) is 0 Å². The van der Waals surface area contributed by atoms with Crippen LogP contribution in [-0.4, -0.2) is 5.97 Å². The number of esters is 1. The molecule has 3 aromatic carbocycles. The number of ether oxygens (including phenoxy) is 1. The van der Waals surface area contributed by atoms with Crippen LogP contribution in [0.25, 0.3) is 11.1 Å². The molecular weight excluding hydrogens is 308 g/mol. The topological polar surface area (TPSA) is 26.3 Å². The van der Waals surface area contributed by atoms with Crippen LogP contribution in [0.4, 0.5) is 0 Å². The first-order valence-electron chi connectivity index (χ1n) is 8.43. The second kappa shape index (κ2) is 6.94. The van der Waals surface area contributed by atoms with Gasteiger partial charge in [-0.15, -0.1) is 0 Å². The van der Waals surface area contributed by atoms with Crippen LogP contribution in [0.3, 0.4) is 0 Å². The molecule has 0 heterocycles. The fourth-order valence-electron chi connectivity index (χ4n) is 3.08. The minimum Gasteiger partial charge on any atom is -0.422 e. The first-order valence-corrected chi connectivity index (χ1v) is 8.43. The van der Waals surface area contributed by atoms with Crippen molar-refractivity contribution in [3.05, 3.63) is 88.5 Å². The van der Waals surface area contributed by atoms with Crippen LogP contribution in [0, 0.1) is 27.7 Å². The molecule has 0 fully saturated rings. The maximum absolute atomic E-state index is 12.6. The molecule has 0 aromatic heterocycles. The Labute approximate surface area is 149 Å². The zero-order chi connectivity index (χ0) is 18.0. The van der Waals surface area contributed by atoms with Crippen molar-refractivity contribution in [3.8, 4) is 16.9 Å². The molecule has 2 nitrogen and oxygen atoms in total. The molecule has 0 amide bonds. The standard InChI is InChI=1S/C23H22O2/c1-15-16(2)18(4)22(25-23(24)20-13-9-6-10-14-20)21(17(15)3)19-11-7-5-8-12-19/h5-14H,1-4H3. The lowest BCUT2D eigenvalue weighted by molar-refractivity contribution is 0.0734. The molecule has 0 unspecified atom stereocenters. The van der Waals surface area contributed by atoms with Gasteiger partial charge in [-0.05, 0) is 67.6 Å². The second-order valence-corrected chi connectivity index (χ2v) is 6.33. The van der Waals surface area contributed by atoms with E-state index in [0.29, 0.717) is 11.3 Å². The number of rotatable bonds is 3. The smallest absolute Gasteiger partial charge is 0.343 e. The predicted molar refractivity (Wildman–Crippen MR) is 102 cm³/mol. The van der Waals surface area contributed by atoms with E-state index in [2.05, 4.69) is 32.9 Å². The molecule has 0 spiro atoms. The van der Waals surface area contributed by atoms with Gasteiger partial charge in [0, 0.05) is 5.56 Å². The number of carbonyl (C=O) groups is 1. The van der Waals surface area contributed by atoms with Gasteiger partial charge in [0.05, 0.1) is 5.56 Å². The molecule has 3 rings (SSSR count). The SMILES string of the molecule is Cc1c(C)c(C)c(-c2ccccc2)c(OC(=O)c2ccccc2)c1C. The predicted octanol–water partition coefficient (Wildman–Crippen LogP) is 5.81. The highest BCUT2D eigenvalue weighted by Gasteiger charge is 2.20. The van der Waals surface area contributed by atoms with E-state index in [1.807, 2.05) is 43.3 Å². The molecule has 0 aliphatic heterocycles. The Morgan fingerprint density at radius 1 is 0.680 bits per heavy atom. The van der Waals surface area contributed by atoms with Crippen molar-refractivity contribution in [1.29, 1.82) is 0 Å². The zero-order valence-corrected chi connectivity index (χ0v) is 15.1. The van der Waals surface area contributed by atoms with Gasteiger partial charge in [0.15, 0.2) is 0 Å². The van der Waals surface area contributed by atoms with E-state index in [9.17, 15) is 4.79 Å². The molecule has 0 saturated heterocycles. The first-order chi connectivity index (χ1) is 12.0. The molecule has 0 aliphatic carbocycles. The molecule has 0 bridgehead atoms. The van der Waals surface area contributed by atoms with Gasteiger partial charge < -0.3 is 4.74 Å². The molecule has 2 heteroatoms. The molecule has 0 radical (unpaired) electrons. The van der Waals surface area contributed by atoms with E-state index in [0.717, 1.165) is 27.8 Å². The summed E-state index contributed by atoms with van der Waals surface area (Å²) < 4.78 is 5.89. The summed E-state index contributed by atoms with van der Waals surface area (Å²) in [7, 11) is 0. The van der Waals surface area contributed by atoms with E-state index in [4.69, 9.17) is 4.74 Å². The summed E-state index contributed by atoms with van der Waals surface area (Å²) in [6.07, 6.45) is 0. The second-order valence-electron chi connectivity index (χ2n) is 6.33. The monoisotopic (exact) mass is 330 g/mol. The summed E-state index contributed by atoms with van der Waals surface area (Å²) >= 11 is 0. The van der Waals surface area contributed by atoms with Gasteiger partial charge in [0.25, 0.3) is 0 Å². The lowest BCUT2D eigenvalue weighted by atomic mass is 9.89. The Kier molecular flexibility index (Phi) is 4.71. The van der Waals surface area contributed by atoms with Gasteiger partial charge in [-0.3, -0.25) is 0 Å². The van der Waals surface area contributed by atoms with E-state index >= 15 is 0 Å². The fourth-order valence-corrected chi connectivity index (χ4v) is 3.08. The maximum atomic E-state index is 12.6. The summed E-state index contributed by atoms with van der Waals surface area (Å²) in [4.78, 5) is 12.6. The lowest BCUT2D eigenvalue weighted by Crippen LogP contribution is -2.11. The highest BCUT2D eigenvalue weighted by atomic mass is 16.5. The zero-order valence-electron chi connectivity index (χ0n) is 15.1. The van der Waals surface area contributed by atoms with Gasteiger partial charge >= 0.3 is 5.97 Å². The fraction of sp³-hybridized carbons (Fsp3) is 0.174. The maximum Gasteiger partial charge on any atom is 0.343 e. The Balaban J connectivity index is 2.17. The van der Waals surface area contributed by atoms with Crippen molar-refractivity contribution in [1.82, 2.24) is 0 Å². The first kappa shape index (κ1) is 17.0. The summed E-state index contributed by atoms with van der Waals surface area (Å²) in [5.74, 6) is 0.323. The van der Waals surface area contributed by atoms with Crippen LogP contribution in [-0.2, 0) is 0 Å². The van der Waals surface area contributed by atoms with Crippen LogP contribution in [0.15, 0.2) is 60.7 Å². The van der Waals surface area contributed by atoms with E-state index in [-0.39, 0.29) is 5.97 Å². The molecule has 25 heavy (non-hydrogen) atoms. The number of benzene rings is 3. The van der Waals surface area contributed by atoms with Crippen LogP contribution in [0.5, 0.6) is 5.75 Å². The average molecular weight is 330 g/mol. The largest absolute Gasteiger partial charge is 0.422 e. The van der Waals surface area contributed by atoms with E-state index in [1.165, 1.54) is 5.56 Å². The highest BCUT2D eigenvalue weighted by molar-refractivity contribution is 5.93. The summed E-state index contributed by atoms with van der Waals surface area (Å²) in [6, 6.07) is 19.2. The van der Waals surface area contributed by atoms with E-state index in [1.54, 1.807) is 12.1 Å². The van der Waals surface area contributed by atoms with Gasteiger partial charge in [0.2, 0.25) is 0 Å². The molecular formula is C23H22O2. The minimum atomic E-state index is -0.330. The number of hydrogen-bond acceptors (Lipinski definition) is 2. The molecule has 0 N–H and O–H groups in total. The molecule has 126 valence electrons. The summed E-state index contributed by atoms with van der Waals surface area (Å²) in [5, 5.41) is 0. The third-order valence-electron chi connectivity index (χ3n) is 4.90. The quantitative estimate of drug-likeness (QED) is 0.448. The van der Waals surface area contributed by atoms with Crippen molar-refractivity contribution in [2.24, 2.45) is 0 Å². The van der Waals surface area contributed by atoms with Crippen LogP contribution >= 0.6 is 0 Å². The number of hydrogen-bond donors (Lipinski definition) is 0. The van der Waals surface area contributed by atoms with Crippen molar-refractivity contribution >= 4 is 5.97 Å². The summed E-state index contributed by atoms with van der Waals surface area (Å²) in [6.45, 7) is 8.30. The highest BCUT2D eigenvalue weighted by Crippen LogP contribution is 2.40. The number of carbonyl (C=O) groups excluding carboxylic acids is 1. The molecule has 0 saturated carbocycles. The van der Waals surface area contributed by atoms with Crippen molar-refractivity contribution in [2.45, 2.75) is 27.7 Å². The van der Waals surface area contributed by atoms with Crippen LogP contribution in [0.1, 0.15) is 32.6 Å². The van der Waals surface area contributed by atoms with Gasteiger partial charge in [0.1, 0.15) is 5.75 Å². The normalized spacial score (nSPS) is 10.6. The lowest BCUT2D eigenvalue weighted by Gasteiger charge is -2.20. The van der Waals surface area contributed by atoms with Gasteiger partial charge in [-0.1, -0.05) is 48.5 Å². The summed E-state index contributed by atoms with van der Waals surface area (Å²) in [5.41, 5.74) is 7.14. The third-order valence-corrected chi connectivity index (χ3v) is 4.90. The van der Waals surface area contributed by atoms with Crippen LogP contribution in [0.2, 0.25) is 0 Å². The van der Waals surface area contributed by atoms with Crippen molar-refractivity contribution in [3.63, 3.8) is 0 Å². The van der Waals surface area contributed by atoms with Gasteiger partial charge in [-0.25, -0.2) is 4.79 Å². The Morgan fingerprint density at radius 3 is 1.80 bits per heavy atom. The third kappa shape index (κ3) is 3.20. The Bertz CT molecular complexity index is 910. The van der Waals surface area contributed by atoms with Crippen LogP contribution < -0.4 is 4.74 Å². The Hall–Kier alpha value is -2.87. The minimum absolute atomic E-state index is 0.330.